The molecule has 0 amide bonds. The molecule has 0 saturated heterocycles. The van der Waals surface area contributed by atoms with E-state index in [2.05, 4.69) is 44.0 Å². The smallest absolute Gasteiger partial charge is 0.341 e. The molecule has 1 heterocycles. The van der Waals surface area contributed by atoms with Gasteiger partial charge in [-0.05, 0) is 48.6 Å². The SMILES string of the molecule is Cc1nccc(Oc2c(C(C)C)cccc2[C@H](C)C2CC2)c1C(=O)O. The van der Waals surface area contributed by atoms with E-state index in [1.807, 2.05) is 0 Å². The first kappa shape index (κ1) is 17.5. The fourth-order valence-electron chi connectivity index (χ4n) is 3.35. The third kappa shape index (κ3) is 3.53. The number of benzene rings is 1. The zero-order valence-corrected chi connectivity index (χ0v) is 15.2. The number of hydrogen-bond acceptors (Lipinski definition) is 3. The number of rotatable bonds is 6. The minimum absolute atomic E-state index is 0.131. The van der Waals surface area contributed by atoms with E-state index >= 15 is 0 Å². The van der Waals surface area contributed by atoms with E-state index in [-0.39, 0.29) is 11.5 Å². The Labute approximate surface area is 148 Å². The predicted molar refractivity (Wildman–Crippen MR) is 97.7 cm³/mol. The second-order valence-electron chi connectivity index (χ2n) is 7.22. The number of aromatic nitrogens is 1. The van der Waals surface area contributed by atoms with Crippen LogP contribution in [0.4, 0.5) is 0 Å². The zero-order chi connectivity index (χ0) is 18.1. The van der Waals surface area contributed by atoms with E-state index in [4.69, 9.17) is 4.74 Å². The lowest BCUT2D eigenvalue weighted by molar-refractivity contribution is 0.0692. The summed E-state index contributed by atoms with van der Waals surface area (Å²) >= 11 is 0. The number of aromatic carboxylic acids is 1. The van der Waals surface area contributed by atoms with Gasteiger partial charge in [0.2, 0.25) is 0 Å². The lowest BCUT2D eigenvalue weighted by Crippen LogP contribution is -2.08. The molecule has 1 aliphatic carbocycles. The molecule has 4 heteroatoms. The van der Waals surface area contributed by atoms with Crippen LogP contribution in [0.1, 0.15) is 72.6 Å². The molecule has 1 N–H and O–H groups in total. The quantitative estimate of drug-likeness (QED) is 0.753. The van der Waals surface area contributed by atoms with Crippen LogP contribution in [0.3, 0.4) is 0 Å². The monoisotopic (exact) mass is 339 g/mol. The van der Waals surface area contributed by atoms with E-state index in [0.29, 0.717) is 23.3 Å². The Kier molecular flexibility index (Phi) is 4.80. The van der Waals surface area contributed by atoms with Gasteiger partial charge in [-0.15, -0.1) is 0 Å². The second-order valence-corrected chi connectivity index (χ2v) is 7.22. The summed E-state index contributed by atoms with van der Waals surface area (Å²) in [5, 5.41) is 9.56. The number of aryl methyl sites for hydroxylation is 1. The van der Waals surface area contributed by atoms with Gasteiger partial charge < -0.3 is 9.84 Å². The molecular weight excluding hydrogens is 314 g/mol. The van der Waals surface area contributed by atoms with Gasteiger partial charge in [0, 0.05) is 12.3 Å². The van der Waals surface area contributed by atoms with Gasteiger partial charge in [-0.25, -0.2) is 4.79 Å². The Balaban J connectivity index is 2.10. The maximum Gasteiger partial charge on any atom is 0.341 e. The van der Waals surface area contributed by atoms with Crippen LogP contribution in [0.2, 0.25) is 0 Å². The number of ether oxygens (including phenoxy) is 1. The number of para-hydroxylation sites is 1. The Morgan fingerprint density at radius 1 is 1.20 bits per heavy atom. The van der Waals surface area contributed by atoms with Crippen molar-refractivity contribution in [1.82, 2.24) is 4.98 Å². The number of hydrogen-bond donors (Lipinski definition) is 1. The van der Waals surface area contributed by atoms with E-state index in [1.54, 1.807) is 19.2 Å². The molecule has 1 aromatic carbocycles. The van der Waals surface area contributed by atoms with Crippen LogP contribution in [0.5, 0.6) is 11.5 Å². The van der Waals surface area contributed by atoms with Gasteiger partial charge in [0.15, 0.2) is 0 Å². The Hall–Kier alpha value is -2.36. The summed E-state index contributed by atoms with van der Waals surface area (Å²) in [6, 6.07) is 7.89. The van der Waals surface area contributed by atoms with Crippen LogP contribution >= 0.6 is 0 Å². The van der Waals surface area contributed by atoms with Crippen molar-refractivity contribution in [2.45, 2.75) is 52.4 Å². The summed E-state index contributed by atoms with van der Waals surface area (Å²) < 4.78 is 6.25. The van der Waals surface area contributed by atoms with Gasteiger partial charge in [0.25, 0.3) is 0 Å². The lowest BCUT2D eigenvalue weighted by atomic mass is 9.90. The number of carbonyl (C=O) groups is 1. The molecule has 4 nitrogen and oxygen atoms in total. The molecule has 0 bridgehead atoms. The van der Waals surface area contributed by atoms with Crippen molar-refractivity contribution in [2.24, 2.45) is 5.92 Å². The third-order valence-electron chi connectivity index (χ3n) is 5.05. The fraction of sp³-hybridized carbons (Fsp3) is 0.429. The molecular formula is C21H25NO3. The van der Waals surface area contributed by atoms with Gasteiger partial charge in [0.05, 0.1) is 5.69 Å². The van der Waals surface area contributed by atoms with Crippen molar-refractivity contribution in [1.29, 1.82) is 0 Å². The molecule has 0 radical (unpaired) electrons. The molecule has 1 fully saturated rings. The van der Waals surface area contributed by atoms with Crippen molar-refractivity contribution in [3.05, 3.63) is 52.8 Å². The summed E-state index contributed by atoms with van der Waals surface area (Å²) in [5.41, 5.74) is 2.87. The van der Waals surface area contributed by atoms with Crippen molar-refractivity contribution in [2.75, 3.05) is 0 Å². The number of pyridine rings is 1. The third-order valence-corrected chi connectivity index (χ3v) is 5.05. The molecule has 1 aromatic heterocycles. The van der Waals surface area contributed by atoms with Crippen LogP contribution in [-0.2, 0) is 0 Å². The topological polar surface area (TPSA) is 59.4 Å². The first-order valence-electron chi connectivity index (χ1n) is 8.89. The van der Waals surface area contributed by atoms with Crippen molar-refractivity contribution >= 4 is 5.97 Å². The minimum atomic E-state index is -1.01. The predicted octanol–water partition coefficient (Wildman–Crippen LogP) is 5.52. The highest BCUT2D eigenvalue weighted by Gasteiger charge is 2.32. The summed E-state index contributed by atoms with van der Waals surface area (Å²) in [6.07, 6.45) is 4.10. The Bertz CT molecular complexity index is 794. The molecule has 2 aromatic rings. The molecule has 0 aliphatic heterocycles. The van der Waals surface area contributed by atoms with Crippen LogP contribution < -0.4 is 4.74 Å². The highest BCUT2D eigenvalue weighted by atomic mass is 16.5. The normalized spacial score (nSPS) is 15.2. The summed E-state index contributed by atoms with van der Waals surface area (Å²) in [7, 11) is 0. The van der Waals surface area contributed by atoms with E-state index < -0.39 is 5.97 Å². The summed E-state index contributed by atoms with van der Waals surface area (Å²) in [4.78, 5) is 15.8. The molecule has 25 heavy (non-hydrogen) atoms. The number of nitrogens with zero attached hydrogens (tertiary/aromatic N) is 1. The van der Waals surface area contributed by atoms with Crippen LogP contribution in [0.25, 0.3) is 0 Å². The fourth-order valence-corrected chi connectivity index (χ4v) is 3.35. The minimum Gasteiger partial charge on any atom is -0.477 e. The van der Waals surface area contributed by atoms with Gasteiger partial charge >= 0.3 is 5.97 Å². The molecule has 1 atom stereocenters. The van der Waals surface area contributed by atoms with Crippen LogP contribution in [0.15, 0.2) is 30.5 Å². The van der Waals surface area contributed by atoms with Crippen molar-refractivity contribution < 1.29 is 14.6 Å². The van der Waals surface area contributed by atoms with Crippen LogP contribution in [-0.4, -0.2) is 16.1 Å². The first-order valence-corrected chi connectivity index (χ1v) is 8.89. The van der Waals surface area contributed by atoms with Gasteiger partial charge in [-0.3, -0.25) is 4.98 Å². The maximum atomic E-state index is 11.7. The van der Waals surface area contributed by atoms with E-state index in [0.717, 1.165) is 11.3 Å². The average molecular weight is 339 g/mol. The van der Waals surface area contributed by atoms with Gasteiger partial charge in [-0.2, -0.15) is 0 Å². The largest absolute Gasteiger partial charge is 0.477 e. The number of carboxylic acids is 1. The van der Waals surface area contributed by atoms with E-state index in [1.165, 1.54) is 18.4 Å². The highest BCUT2D eigenvalue weighted by Crippen LogP contribution is 2.47. The van der Waals surface area contributed by atoms with Crippen molar-refractivity contribution in [3.8, 4) is 11.5 Å². The summed E-state index contributed by atoms with van der Waals surface area (Å²) in [6.45, 7) is 8.19. The first-order chi connectivity index (χ1) is 11.9. The van der Waals surface area contributed by atoms with E-state index in [9.17, 15) is 9.90 Å². The molecule has 3 rings (SSSR count). The Morgan fingerprint density at radius 3 is 2.48 bits per heavy atom. The molecule has 1 aliphatic rings. The second kappa shape index (κ2) is 6.87. The van der Waals surface area contributed by atoms with Gasteiger partial charge in [-0.1, -0.05) is 39.0 Å². The Morgan fingerprint density at radius 2 is 1.88 bits per heavy atom. The number of carboxylic acid groups (broad SMARTS) is 1. The molecule has 0 spiro atoms. The summed E-state index contributed by atoms with van der Waals surface area (Å²) in [5.74, 6) is 1.55. The molecule has 132 valence electrons. The highest BCUT2D eigenvalue weighted by molar-refractivity contribution is 5.92. The van der Waals surface area contributed by atoms with Gasteiger partial charge in [0.1, 0.15) is 17.1 Å². The maximum absolute atomic E-state index is 11.7. The lowest BCUT2D eigenvalue weighted by Gasteiger charge is -2.22. The standard InChI is InChI=1S/C21H25NO3/c1-12(2)16-6-5-7-17(13(3)15-8-9-15)20(16)25-18-10-11-22-14(4)19(18)21(23)24/h5-7,10-13,15H,8-9H2,1-4H3,(H,23,24)/t13-/m1/s1. The van der Waals surface area contributed by atoms with Crippen molar-refractivity contribution in [3.63, 3.8) is 0 Å². The average Bonchev–Trinajstić information content (AvgIpc) is 3.38. The van der Waals surface area contributed by atoms with Crippen LogP contribution in [0, 0.1) is 12.8 Å². The molecule has 0 unspecified atom stereocenters. The molecule has 1 saturated carbocycles. The zero-order valence-electron chi connectivity index (χ0n) is 15.2.